The smallest absolute Gasteiger partial charge is 0.274 e. The van der Waals surface area contributed by atoms with E-state index in [1.165, 1.54) is 6.07 Å². The summed E-state index contributed by atoms with van der Waals surface area (Å²) in [5.41, 5.74) is 2.79. The van der Waals surface area contributed by atoms with E-state index in [9.17, 15) is 8.42 Å². The number of rotatable bonds is 4. The summed E-state index contributed by atoms with van der Waals surface area (Å²) in [4.78, 5) is 0. The molecule has 0 spiro atoms. The molecular formula is C15H21N3O4S. The second kappa shape index (κ2) is 5.77. The van der Waals surface area contributed by atoms with Crippen molar-refractivity contribution in [3.63, 3.8) is 0 Å². The lowest BCUT2D eigenvalue weighted by Crippen LogP contribution is -2.37. The third-order valence-corrected chi connectivity index (χ3v) is 5.59. The number of hydrogen-bond donors (Lipinski definition) is 1. The van der Waals surface area contributed by atoms with Crippen molar-refractivity contribution in [2.75, 3.05) is 6.61 Å². The molecule has 23 heavy (non-hydrogen) atoms. The molecule has 1 aliphatic heterocycles. The number of ether oxygens (including phenoxy) is 1. The Morgan fingerprint density at radius 2 is 2.04 bits per heavy atom. The maximum atomic E-state index is 12.5. The van der Waals surface area contributed by atoms with Crippen LogP contribution in [0.15, 0.2) is 21.6 Å². The number of hydrogen-bond acceptors (Lipinski definition) is 5. The standard InChI is InChI=1S/C15H21N3O4S/c1-9-5-6-13(22-9)23(19,20)17-12-7-8-21-15(12)14-10(2)16-18(4)11(14)3/h5-6,12,15,17H,7-8H2,1-4H3/t12-,15-/m0/s1. The largest absolute Gasteiger partial charge is 0.449 e. The first-order valence-electron chi connectivity index (χ1n) is 7.50. The molecule has 7 nitrogen and oxygen atoms in total. The van der Waals surface area contributed by atoms with Gasteiger partial charge in [-0.15, -0.1) is 0 Å². The van der Waals surface area contributed by atoms with Crippen molar-refractivity contribution in [2.45, 2.75) is 44.4 Å². The van der Waals surface area contributed by atoms with Crippen LogP contribution in [0.25, 0.3) is 0 Å². The van der Waals surface area contributed by atoms with Crippen molar-refractivity contribution >= 4 is 10.0 Å². The van der Waals surface area contributed by atoms with Crippen LogP contribution in [-0.2, 0) is 21.8 Å². The van der Waals surface area contributed by atoms with E-state index in [2.05, 4.69) is 9.82 Å². The molecule has 126 valence electrons. The zero-order chi connectivity index (χ0) is 16.8. The second-order valence-electron chi connectivity index (χ2n) is 5.88. The maximum Gasteiger partial charge on any atom is 0.274 e. The summed E-state index contributed by atoms with van der Waals surface area (Å²) in [5, 5.41) is 4.32. The highest BCUT2D eigenvalue weighted by atomic mass is 32.2. The molecule has 3 rings (SSSR count). The molecule has 0 radical (unpaired) electrons. The molecule has 0 amide bonds. The fourth-order valence-corrected chi connectivity index (χ4v) is 4.25. The Morgan fingerprint density at radius 1 is 1.30 bits per heavy atom. The van der Waals surface area contributed by atoms with E-state index in [0.29, 0.717) is 18.8 Å². The molecule has 2 aromatic heterocycles. The van der Waals surface area contributed by atoms with Gasteiger partial charge in [-0.05, 0) is 39.3 Å². The van der Waals surface area contributed by atoms with Gasteiger partial charge in [-0.2, -0.15) is 5.10 Å². The topological polar surface area (TPSA) is 86.4 Å². The van der Waals surface area contributed by atoms with E-state index in [1.807, 2.05) is 20.9 Å². The van der Waals surface area contributed by atoms with Gasteiger partial charge in [-0.3, -0.25) is 4.68 Å². The van der Waals surface area contributed by atoms with E-state index in [4.69, 9.17) is 9.15 Å². The Balaban J connectivity index is 1.88. The second-order valence-corrected chi connectivity index (χ2v) is 7.53. The molecule has 0 aromatic carbocycles. The van der Waals surface area contributed by atoms with E-state index < -0.39 is 10.0 Å². The van der Waals surface area contributed by atoms with Crippen molar-refractivity contribution < 1.29 is 17.6 Å². The van der Waals surface area contributed by atoms with E-state index in [-0.39, 0.29) is 17.2 Å². The summed E-state index contributed by atoms with van der Waals surface area (Å²) < 4.78 is 40.5. The number of sulfonamides is 1. The zero-order valence-electron chi connectivity index (χ0n) is 13.7. The molecule has 0 bridgehead atoms. The minimum atomic E-state index is -3.71. The van der Waals surface area contributed by atoms with Crippen LogP contribution < -0.4 is 4.72 Å². The van der Waals surface area contributed by atoms with Crippen molar-refractivity contribution in [3.8, 4) is 0 Å². The first kappa shape index (κ1) is 16.2. The Morgan fingerprint density at radius 3 is 2.61 bits per heavy atom. The first-order chi connectivity index (χ1) is 10.8. The van der Waals surface area contributed by atoms with Gasteiger partial charge in [0.15, 0.2) is 0 Å². The molecule has 1 fully saturated rings. The molecule has 8 heteroatoms. The summed E-state index contributed by atoms with van der Waals surface area (Å²) in [6.45, 7) is 6.08. The Labute approximate surface area is 135 Å². The number of nitrogens with one attached hydrogen (secondary N) is 1. The molecule has 1 aliphatic rings. The molecule has 0 aliphatic carbocycles. The fourth-order valence-electron chi connectivity index (χ4n) is 3.01. The third kappa shape index (κ3) is 2.93. The van der Waals surface area contributed by atoms with Gasteiger partial charge in [-0.25, -0.2) is 13.1 Å². The molecular weight excluding hydrogens is 318 g/mol. The number of aryl methyl sites for hydroxylation is 3. The molecule has 3 heterocycles. The molecule has 1 saturated heterocycles. The van der Waals surface area contributed by atoms with Crippen LogP contribution in [0.1, 0.15) is 35.2 Å². The van der Waals surface area contributed by atoms with Crippen LogP contribution in [-0.4, -0.2) is 30.8 Å². The summed E-state index contributed by atoms with van der Waals surface area (Å²) in [7, 11) is -1.84. The summed E-state index contributed by atoms with van der Waals surface area (Å²) in [5.74, 6) is 0.559. The van der Waals surface area contributed by atoms with E-state index in [0.717, 1.165) is 17.0 Å². The minimum Gasteiger partial charge on any atom is -0.449 e. The van der Waals surface area contributed by atoms with Gasteiger partial charge in [0.05, 0.1) is 11.7 Å². The average Bonchev–Trinajstić information content (AvgIpc) is 3.13. The molecule has 0 saturated carbocycles. The van der Waals surface area contributed by atoms with Crippen molar-refractivity contribution in [1.29, 1.82) is 0 Å². The minimum absolute atomic E-state index is 0.0692. The lowest BCUT2D eigenvalue weighted by molar-refractivity contribution is 0.101. The highest BCUT2D eigenvalue weighted by Gasteiger charge is 2.37. The van der Waals surface area contributed by atoms with E-state index >= 15 is 0 Å². The number of furan rings is 1. The average molecular weight is 339 g/mol. The van der Waals surface area contributed by atoms with Gasteiger partial charge < -0.3 is 9.15 Å². The molecule has 2 atom stereocenters. The fraction of sp³-hybridized carbons (Fsp3) is 0.533. The zero-order valence-corrected chi connectivity index (χ0v) is 14.5. The molecule has 0 unspecified atom stereocenters. The van der Waals surface area contributed by atoms with Crippen LogP contribution in [0.2, 0.25) is 0 Å². The Kier molecular flexibility index (Phi) is 4.07. The van der Waals surface area contributed by atoms with Gasteiger partial charge in [0.2, 0.25) is 5.09 Å². The summed E-state index contributed by atoms with van der Waals surface area (Å²) >= 11 is 0. The van der Waals surface area contributed by atoms with Crippen molar-refractivity contribution in [1.82, 2.24) is 14.5 Å². The monoisotopic (exact) mass is 339 g/mol. The highest BCUT2D eigenvalue weighted by molar-refractivity contribution is 7.89. The summed E-state index contributed by atoms with van der Waals surface area (Å²) in [6, 6.07) is 2.75. The predicted octanol–water partition coefficient (Wildman–Crippen LogP) is 1.75. The van der Waals surface area contributed by atoms with Crippen molar-refractivity contribution in [3.05, 3.63) is 34.8 Å². The predicted molar refractivity (Wildman–Crippen MR) is 83.5 cm³/mol. The third-order valence-electron chi connectivity index (χ3n) is 4.23. The van der Waals surface area contributed by atoms with Crippen LogP contribution >= 0.6 is 0 Å². The molecule has 2 aromatic rings. The lowest BCUT2D eigenvalue weighted by atomic mass is 10.0. The van der Waals surface area contributed by atoms with Gasteiger partial charge in [0, 0.05) is 24.9 Å². The van der Waals surface area contributed by atoms with Gasteiger partial charge in [0.25, 0.3) is 10.0 Å². The van der Waals surface area contributed by atoms with Crippen LogP contribution in [0.3, 0.4) is 0 Å². The van der Waals surface area contributed by atoms with Crippen molar-refractivity contribution in [2.24, 2.45) is 7.05 Å². The van der Waals surface area contributed by atoms with Crippen LogP contribution in [0.5, 0.6) is 0 Å². The lowest BCUT2D eigenvalue weighted by Gasteiger charge is -2.20. The van der Waals surface area contributed by atoms with E-state index in [1.54, 1.807) is 17.7 Å². The number of nitrogens with zero attached hydrogens (tertiary/aromatic N) is 2. The SMILES string of the molecule is Cc1ccc(S(=O)(=O)N[C@H]2CCO[C@@H]2c2c(C)nn(C)c2C)o1. The first-order valence-corrected chi connectivity index (χ1v) is 8.98. The molecule has 1 N–H and O–H groups in total. The normalized spacial score (nSPS) is 21.9. The van der Waals surface area contributed by atoms with Gasteiger partial charge in [-0.1, -0.05) is 0 Å². The van der Waals surface area contributed by atoms with Gasteiger partial charge >= 0.3 is 0 Å². The Hall–Kier alpha value is -1.64. The highest BCUT2D eigenvalue weighted by Crippen LogP contribution is 2.34. The Bertz CT molecular complexity index is 822. The maximum absolute atomic E-state index is 12.5. The van der Waals surface area contributed by atoms with Crippen LogP contribution in [0, 0.1) is 20.8 Å². The number of aromatic nitrogens is 2. The van der Waals surface area contributed by atoms with Gasteiger partial charge in [0.1, 0.15) is 11.9 Å². The summed E-state index contributed by atoms with van der Waals surface area (Å²) in [6.07, 6.45) is 0.270. The van der Waals surface area contributed by atoms with Crippen LogP contribution in [0.4, 0.5) is 0 Å². The quantitative estimate of drug-likeness (QED) is 0.917.